The van der Waals surface area contributed by atoms with Gasteiger partial charge in [0.25, 0.3) is 0 Å². The monoisotopic (exact) mass is 276 g/mol. The number of nitrogens with zero attached hydrogens (tertiary/aromatic N) is 3. The fourth-order valence-electron chi connectivity index (χ4n) is 1.54. The van der Waals surface area contributed by atoms with Crippen LogP contribution in [-0.2, 0) is 6.54 Å². The van der Waals surface area contributed by atoms with Gasteiger partial charge in [-0.15, -0.1) is 0 Å². The number of aryl methyl sites for hydroxylation is 1. The first kappa shape index (κ1) is 13.2. The lowest BCUT2D eigenvalue weighted by atomic mass is 10.2. The molecule has 0 saturated carbocycles. The molecule has 0 unspecified atom stereocenters. The van der Waals surface area contributed by atoms with Crippen LogP contribution in [0.15, 0.2) is 24.3 Å². The molecule has 0 aliphatic carbocycles. The predicted octanol–water partition coefficient (Wildman–Crippen LogP) is 3.06. The van der Waals surface area contributed by atoms with Crippen molar-refractivity contribution in [2.24, 2.45) is 0 Å². The Hall–Kier alpha value is -2.19. The van der Waals surface area contributed by atoms with E-state index in [0.717, 1.165) is 5.56 Å². The van der Waals surface area contributed by atoms with Gasteiger partial charge in [0.05, 0.1) is 5.02 Å². The van der Waals surface area contributed by atoms with Crippen LogP contribution in [0.3, 0.4) is 0 Å². The molecule has 1 N–H and O–H groups in total. The molecule has 0 spiro atoms. The van der Waals surface area contributed by atoms with Crippen molar-refractivity contribution in [2.45, 2.75) is 13.5 Å². The summed E-state index contributed by atoms with van der Waals surface area (Å²) in [4.78, 5) is 8.17. The summed E-state index contributed by atoms with van der Waals surface area (Å²) in [6.45, 7) is 2.18. The molecule has 19 heavy (non-hydrogen) atoms. The maximum Gasteiger partial charge on any atom is 0.224 e. The van der Waals surface area contributed by atoms with E-state index >= 15 is 0 Å². The van der Waals surface area contributed by atoms with Crippen molar-refractivity contribution >= 4 is 17.5 Å². The second kappa shape index (κ2) is 5.63. The number of anilines is 1. The number of nitrogens with one attached hydrogen (secondary N) is 1. The Bertz CT molecular complexity index is 652. The van der Waals surface area contributed by atoms with E-state index in [0.29, 0.717) is 23.9 Å². The van der Waals surface area contributed by atoms with Gasteiger partial charge in [0, 0.05) is 12.2 Å². The van der Waals surface area contributed by atoms with Gasteiger partial charge in [-0.1, -0.05) is 17.7 Å². The molecular formula is C13H10ClFN4. The summed E-state index contributed by atoms with van der Waals surface area (Å²) in [6.07, 6.45) is 0. The highest BCUT2D eigenvalue weighted by Gasteiger charge is 2.04. The minimum atomic E-state index is -0.455. The summed E-state index contributed by atoms with van der Waals surface area (Å²) < 4.78 is 13.0. The van der Waals surface area contributed by atoms with E-state index in [-0.39, 0.29) is 5.02 Å². The molecule has 1 aromatic heterocycles. The minimum absolute atomic E-state index is 0.0715. The lowest BCUT2D eigenvalue weighted by molar-refractivity contribution is 0.627. The molecule has 0 aliphatic heterocycles. The number of halogens is 2. The van der Waals surface area contributed by atoms with E-state index in [1.807, 2.05) is 6.07 Å². The largest absolute Gasteiger partial charge is 0.350 e. The molecule has 0 saturated heterocycles. The van der Waals surface area contributed by atoms with Crippen LogP contribution in [0.2, 0.25) is 5.02 Å². The van der Waals surface area contributed by atoms with Gasteiger partial charge in [0.1, 0.15) is 17.6 Å². The van der Waals surface area contributed by atoms with Crippen LogP contribution in [-0.4, -0.2) is 9.97 Å². The Kier molecular flexibility index (Phi) is 3.93. The fourth-order valence-corrected chi connectivity index (χ4v) is 1.74. The quantitative estimate of drug-likeness (QED) is 0.936. The molecule has 2 aromatic rings. The number of hydrogen-bond donors (Lipinski definition) is 1. The third-order valence-electron chi connectivity index (χ3n) is 2.40. The zero-order valence-corrected chi connectivity index (χ0v) is 10.9. The molecule has 0 atom stereocenters. The van der Waals surface area contributed by atoms with Crippen LogP contribution >= 0.6 is 11.6 Å². The Morgan fingerprint density at radius 3 is 2.84 bits per heavy atom. The zero-order chi connectivity index (χ0) is 13.8. The summed E-state index contributed by atoms with van der Waals surface area (Å²) in [5, 5.41) is 11.9. The van der Waals surface area contributed by atoms with Crippen LogP contribution < -0.4 is 5.32 Å². The van der Waals surface area contributed by atoms with Crippen molar-refractivity contribution in [3.05, 3.63) is 52.1 Å². The normalized spacial score (nSPS) is 10.0. The third-order valence-corrected chi connectivity index (χ3v) is 2.69. The van der Waals surface area contributed by atoms with E-state index in [1.54, 1.807) is 19.1 Å². The van der Waals surface area contributed by atoms with Crippen molar-refractivity contribution in [1.82, 2.24) is 9.97 Å². The second-order valence-corrected chi connectivity index (χ2v) is 4.34. The highest BCUT2D eigenvalue weighted by Crippen LogP contribution is 2.16. The summed E-state index contributed by atoms with van der Waals surface area (Å²) in [5.41, 5.74) is 1.80. The van der Waals surface area contributed by atoms with Crippen molar-refractivity contribution < 1.29 is 4.39 Å². The first-order chi connectivity index (χ1) is 9.08. The molecule has 4 nitrogen and oxygen atoms in total. The van der Waals surface area contributed by atoms with E-state index in [2.05, 4.69) is 15.3 Å². The lowest BCUT2D eigenvalue weighted by Crippen LogP contribution is -2.05. The number of aromatic nitrogens is 2. The summed E-state index contributed by atoms with van der Waals surface area (Å²) in [6, 6.07) is 8.01. The van der Waals surface area contributed by atoms with Crippen LogP contribution in [0, 0.1) is 24.1 Å². The molecule has 0 fully saturated rings. The van der Waals surface area contributed by atoms with Crippen LogP contribution in [0.1, 0.15) is 17.0 Å². The maximum atomic E-state index is 13.0. The molecule has 0 bridgehead atoms. The molecule has 6 heteroatoms. The Morgan fingerprint density at radius 1 is 1.37 bits per heavy atom. The smallest absolute Gasteiger partial charge is 0.224 e. The summed E-state index contributed by atoms with van der Waals surface area (Å²) >= 11 is 5.69. The number of nitriles is 1. The standard InChI is InChI=1S/C13H10ClFN4/c1-8-4-10(6-16)19-13(18-8)17-7-9-2-3-12(15)11(14)5-9/h2-5H,7H2,1H3,(H,17,18,19). The van der Waals surface area contributed by atoms with Gasteiger partial charge in [-0.05, 0) is 30.7 Å². The average Bonchev–Trinajstić information content (AvgIpc) is 2.39. The molecule has 0 radical (unpaired) electrons. The van der Waals surface area contributed by atoms with Gasteiger partial charge in [0.15, 0.2) is 0 Å². The highest BCUT2D eigenvalue weighted by molar-refractivity contribution is 6.30. The third kappa shape index (κ3) is 3.39. The van der Waals surface area contributed by atoms with Crippen molar-refractivity contribution in [1.29, 1.82) is 5.26 Å². The van der Waals surface area contributed by atoms with Gasteiger partial charge in [0.2, 0.25) is 5.95 Å². The molecular weight excluding hydrogens is 267 g/mol. The number of benzene rings is 1. The van der Waals surface area contributed by atoms with Gasteiger partial charge in [-0.25, -0.2) is 14.4 Å². The van der Waals surface area contributed by atoms with Gasteiger partial charge in [-0.2, -0.15) is 5.26 Å². The first-order valence-electron chi connectivity index (χ1n) is 5.52. The molecule has 1 aromatic carbocycles. The van der Waals surface area contributed by atoms with E-state index in [9.17, 15) is 4.39 Å². The number of hydrogen-bond acceptors (Lipinski definition) is 4. The molecule has 1 heterocycles. The molecule has 96 valence electrons. The maximum absolute atomic E-state index is 13.0. The first-order valence-corrected chi connectivity index (χ1v) is 5.90. The lowest BCUT2D eigenvalue weighted by Gasteiger charge is -2.06. The van der Waals surface area contributed by atoms with Crippen molar-refractivity contribution in [3.8, 4) is 6.07 Å². The minimum Gasteiger partial charge on any atom is -0.350 e. The van der Waals surface area contributed by atoms with Crippen LogP contribution in [0.25, 0.3) is 0 Å². The van der Waals surface area contributed by atoms with Crippen LogP contribution in [0.5, 0.6) is 0 Å². The van der Waals surface area contributed by atoms with E-state index in [1.165, 1.54) is 12.1 Å². The Morgan fingerprint density at radius 2 is 2.16 bits per heavy atom. The molecule has 0 aliphatic rings. The van der Waals surface area contributed by atoms with E-state index < -0.39 is 5.82 Å². The topological polar surface area (TPSA) is 61.6 Å². The van der Waals surface area contributed by atoms with Crippen molar-refractivity contribution in [2.75, 3.05) is 5.32 Å². The number of rotatable bonds is 3. The molecule has 0 amide bonds. The van der Waals surface area contributed by atoms with Crippen molar-refractivity contribution in [3.63, 3.8) is 0 Å². The van der Waals surface area contributed by atoms with Gasteiger partial charge < -0.3 is 5.32 Å². The van der Waals surface area contributed by atoms with Gasteiger partial charge >= 0.3 is 0 Å². The second-order valence-electron chi connectivity index (χ2n) is 3.93. The highest BCUT2D eigenvalue weighted by atomic mass is 35.5. The van der Waals surface area contributed by atoms with E-state index in [4.69, 9.17) is 16.9 Å². The van der Waals surface area contributed by atoms with Crippen LogP contribution in [0.4, 0.5) is 10.3 Å². The average molecular weight is 277 g/mol. The molecule has 2 rings (SSSR count). The summed E-state index contributed by atoms with van der Waals surface area (Å²) in [7, 11) is 0. The summed E-state index contributed by atoms with van der Waals surface area (Å²) in [5.74, 6) is -0.0963. The Labute approximate surface area is 114 Å². The fraction of sp³-hybridized carbons (Fsp3) is 0.154. The SMILES string of the molecule is Cc1cc(C#N)nc(NCc2ccc(F)c(Cl)c2)n1. The zero-order valence-electron chi connectivity index (χ0n) is 10.1. The van der Waals surface area contributed by atoms with Gasteiger partial charge in [-0.3, -0.25) is 0 Å². The Balaban J connectivity index is 2.12. The predicted molar refractivity (Wildman–Crippen MR) is 70.2 cm³/mol.